The summed E-state index contributed by atoms with van der Waals surface area (Å²) < 4.78 is 55.0. The third-order valence-electron chi connectivity index (χ3n) is 5.42. The molecule has 1 fully saturated rings. The largest absolute Gasteiger partial charge is 0.328 e. The van der Waals surface area contributed by atoms with E-state index in [0.29, 0.717) is 30.6 Å². The third-order valence-corrected chi connectivity index (χ3v) is 5.86. The number of amides is 2. The molecular formula is C21H23F2N3O3S. The molecular weight excluding hydrogens is 412 g/mol. The Balaban J connectivity index is 1.97. The van der Waals surface area contributed by atoms with Gasteiger partial charge >= 0.3 is 16.5 Å². The number of benzene rings is 2. The van der Waals surface area contributed by atoms with E-state index in [1.807, 2.05) is 6.92 Å². The Morgan fingerprint density at radius 2 is 1.97 bits per heavy atom. The van der Waals surface area contributed by atoms with Crippen molar-refractivity contribution in [2.75, 3.05) is 20.1 Å². The fourth-order valence-corrected chi connectivity index (χ4v) is 4.22. The number of halogens is 2. The minimum absolute atomic E-state index is 0.101. The van der Waals surface area contributed by atoms with Crippen molar-refractivity contribution in [2.45, 2.75) is 31.8 Å². The minimum atomic E-state index is -2.63. The summed E-state index contributed by atoms with van der Waals surface area (Å²) >= 11 is 0. The van der Waals surface area contributed by atoms with Crippen molar-refractivity contribution in [1.82, 2.24) is 9.80 Å². The van der Waals surface area contributed by atoms with Crippen LogP contribution in [0.15, 0.2) is 46.8 Å². The topological polar surface area (TPSA) is 70.1 Å². The predicted molar refractivity (Wildman–Crippen MR) is 109 cm³/mol. The Morgan fingerprint density at radius 3 is 2.63 bits per heavy atom. The summed E-state index contributed by atoms with van der Waals surface area (Å²) in [5, 5.41) is 0. The van der Waals surface area contributed by atoms with Crippen LogP contribution in [0.4, 0.5) is 13.6 Å². The van der Waals surface area contributed by atoms with Crippen molar-refractivity contribution < 1.29 is 22.0 Å². The molecule has 2 aromatic rings. The van der Waals surface area contributed by atoms with Crippen molar-refractivity contribution in [3.8, 4) is 11.1 Å². The number of carbonyl (C=O) groups is 1. The number of carbonyl (C=O) groups excluding carboxylic acids is 1. The molecule has 0 bridgehead atoms. The summed E-state index contributed by atoms with van der Waals surface area (Å²) in [4.78, 5) is 15.8. The lowest BCUT2D eigenvalue weighted by atomic mass is 9.96. The summed E-state index contributed by atoms with van der Waals surface area (Å²) in [5.74, 6) is -0.988. The zero-order chi connectivity index (χ0) is 21.8. The number of nitrogens with zero attached hydrogens (tertiary/aromatic N) is 3. The van der Waals surface area contributed by atoms with E-state index in [1.165, 1.54) is 23.1 Å². The van der Waals surface area contributed by atoms with Crippen molar-refractivity contribution in [1.29, 1.82) is 0 Å². The molecule has 2 aromatic carbocycles. The zero-order valence-corrected chi connectivity index (χ0v) is 17.6. The summed E-state index contributed by atoms with van der Waals surface area (Å²) in [6.07, 6.45) is 0.483. The molecule has 0 unspecified atom stereocenters. The predicted octanol–water partition coefficient (Wildman–Crippen LogP) is 3.75. The molecule has 1 aliphatic heterocycles. The normalized spacial score (nSPS) is 18.3. The zero-order valence-electron chi connectivity index (χ0n) is 16.8. The molecule has 1 saturated heterocycles. The van der Waals surface area contributed by atoms with Crippen LogP contribution in [-0.4, -0.2) is 56.5 Å². The third kappa shape index (κ3) is 4.67. The lowest BCUT2D eigenvalue weighted by Crippen LogP contribution is -2.46. The van der Waals surface area contributed by atoms with Crippen molar-refractivity contribution in [2.24, 2.45) is 4.36 Å². The van der Waals surface area contributed by atoms with E-state index in [9.17, 15) is 17.6 Å². The maximum Gasteiger partial charge on any atom is 0.320 e. The lowest BCUT2D eigenvalue weighted by Gasteiger charge is -2.30. The van der Waals surface area contributed by atoms with Gasteiger partial charge in [0.25, 0.3) is 0 Å². The van der Waals surface area contributed by atoms with E-state index in [4.69, 9.17) is 0 Å². The van der Waals surface area contributed by atoms with E-state index in [-0.39, 0.29) is 18.0 Å². The number of likely N-dealkylation sites (tertiary alicyclic amines) is 1. The highest BCUT2D eigenvalue weighted by atomic mass is 32.2. The van der Waals surface area contributed by atoms with E-state index in [2.05, 4.69) is 4.36 Å². The molecule has 0 N–H and O–H groups in total. The van der Waals surface area contributed by atoms with Gasteiger partial charge in [0, 0.05) is 25.7 Å². The highest BCUT2D eigenvalue weighted by molar-refractivity contribution is 7.61. The van der Waals surface area contributed by atoms with Gasteiger partial charge in [-0.3, -0.25) is 0 Å². The molecule has 0 aromatic heterocycles. The van der Waals surface area contributed by atoms with Crippen LogP contribution in [0.5, 0.6) is 0 Å². The summed E-state index contributed by atoms with van der Waals surface area (Å²) in [6, 6.07) is 8.98. The molecule has 0 aliphatic carbocycles. The Labute approximate surface area is 175 Å². The lowest BCUT2D eigenvalue weighted by molar-refractivity contribution is 0.157. The first-order valence-electron chi connectivity index (χ1n) is 9.67. The van der Waals surface area contributed by atoms with Crippen molar-refractivity contribution in [3.05, 3.63) is 59.7 Å². The van der Waals surface area contributed by atoms with Crippen molar-refractivity contribution >= 4 is 16.5 Å². The van der Waals surface area contributed by atoms with Crippen LogP contribution in [0, 0.1) is 11.6 Å². The molecule has 2 amide bonds. The molecule has 1 heterocycles. The van der Waals surface area contributed by atoms with Gasteiger partial charge in [0.15, 0.2) is 0 Å². The number of hydrogen-bond acceptors (Lipinski definition) is 4. The van der Waals surface area contributed by atoms with Gasteiger partial charge < -0.3 is 9.80 Å². The van der Waals surface area contributed by atoms with Gasteiger partial charge in [0.05, 0.1) is 12.1 Å². The van der Waals surface area contributed by atoms with Gasteiger partial charge in [0.2, 0.25) is 0 Å². The van der Waals surface area contributed by atoms with Gasteiger partial charge in [-0.25, -0.2) is 13.6 Å². The van der Waals surface area contributed by atoms with Crippen LogP contribution in [0.3, 0.4) is 0 Å². The van der Waals surface area contributed by atoms with Crippen LogP contribution < -0.4 is 0 Å². The SMILES string of the molecule is CCN(C)C(=O)N1CC[C@H](N=S(=O)=O)[C@@H]1Cc1cccc(-c2cccc(F)c2)c1F. The average Bonchev–Trinajstić information content (AvgIpc) is 3.09. The first-order chi connectivity index (χ1) is 14.3. The molecule has 9 heteroatoms. The first kappa shape index (κ1) is 21.9. The summed E-state index contributed by atoms with van der Waals surface area (Å²) in [5.41, 5.74) is 0.966. The standard InChI is InChI=1S/C21H23F2N3O3S/c1-3-25(2)21(27)26-11-10-18(24-30(28)29)19(26)13-15-7-5-9-17(20(15)23)14-6-4-8-16(22)12-14/h4-9,12,18-19H,3,10-11,13H2,1-2H3/t18-,19-/m0/s1. The van der Waals surface area contributed by atoms with E-state index in [0.717, 1.165) is 0 Å². The van der Waals surface area contributed by atoms with Gasteiger partial charge in [-0.2, -0.15) is 12.8 Å². The van der Waals surface area contributed by atoms with Crippen LogP contribution in [0.25, 0.3) is 11.1 Å². The van der Waals surface area contributed by atoms with Gasteiger partial charge in [0.1, 0.15) is 11.6 Å². The second kappa shape index (κ2) is 9.34. The summed E-state index contributed by atoms with van der Waals surface area (Å²) in [7, 11) is -0.975. The molecule has 1 aliphatic rings. The van der Waals surface area contributed by atoms with Crippen LogP contribution in [0.2, 0.25) is 0 Å². The molecule has 0 radical (unpaired) electrons. The number of urea groups is 1. The highest BCUT2D eigenvalue weighted by Gasteiger charge is 2.39. The van der Waals surface area contributed by atoms with Crippen molar-refractivity contribution in [3.63, 3.8) is 0 Å². The molecule has 0 spiro atoms. The monoisotopic (exact) mass is 435 g/mol. The fourth-order valence-electron chi connectivity index (χ4n) is 3.75. The van der Waals surface area contributed by atoms with Crippen LogP contribution >= 0.6 is 0 Å². The summed E-state index contributed by atoms with van der Waals surface area (Å²) in [6.45, 7) is 2.66. The number of rotatable bonds is 5. The minimum Gasteiger partial charge on any atom is -0.328 e. The fraction of sp³-hybridized carbons (Fsp3) is 0.381. The molecule has 3 rings (SSSR count). The van der Waals surface area contributed by atoms with E-state index in [1.54, 1.807) is 36.2 Å². The maximum atomic E-state index is 15.3. The Morgan fingerprint density at radius 1 is 1.23 bits per heavy atom. The van der Waals surface area contributed by atoms with Gasteiger partial charge in [-0.15, -0.1) is 0 Å². The highest BCUT2D eigenvalue weighted by Crippen LogP contribution is 2.30. The van der Waals surface area contributed by atoms with Crippen LogP contribution in [-0.2, 0) is 16.9 Å². The quantitative estimate of drug-likeness (QED) is 0.718. The van der Waals surface area contributed by atoms with E-state index < -0.39 is 34.2 Å². The van der Waals surface area contributed by atoms with E-state index >= 15 is 4.39 Å². The smallest absolute Gasteiger partial charge is 0.320 e. The molecule has 160 valence electrons. The molecule has 30 heavy (non-hydrogen) atoms. The Hall–Kier alpha value is -2.81. The Bertz CT molecular complexity index is 1070. The van der Waals surface area contributed by atoms with Crippen LogP contribution in [0.1, 0.15) is 18.9 Å². The molecule has 0 saturated carbocycles. The van der Waals surface area contributed by atoms with Gasteiger partial charge in [-0.05, 0) is 43.0 Å². The number of hydrogen-bond donors (Lipinski definition) is 0. The van der Waals surface area contributed by atoms with Gasteiger partial charge in [-0.1, -0.05) is 30.3 Å². The second-order valence-electron chi connectivity index (χ2n) is 7.23. The molecule has 6 nitrogen and oxygen atoms in total. The maximum absolute atomic E-state index is 15.3. The Kier molecular flexibility index (Phi) is 6.81. The second-order valence-corrected chi connectivity index (χ2v) is 7.87. The first-order valence-corrected chi connectivity index (χ1v) is 10.7. The molecule has 2 atom stereocenters. The average molecular weight is 435 g/mol.